The van der Waals surface area contributed by atoms with Gasteiger partial charge in [-0.05, 0) is 12.2 Å². The number of nitrogens with two attached hydrogens (primary N) is 1. The maximum Gasteiger partial charge on any atom is 0.235 e. The second kappa shape index (κ2) is 2.51. The van der Waals surface area contributed by atoms with Crippen molar-refractivity contribution < 1.29 is 4.92 Å². The molecule has 0 amide bonds. The fourth-order valence-corrected chi connectivity index (χ4v) is 0.782. The monoisotopic (exact) mass is 140 g/mol. The van der Waals surface area contributed by atoms with E-state index < -0.39 is 6.04 Å². The summed E-state index contributed by atoms with van der Waals surface area (Å²) in [5.74, 6) is 0. The van der Waals surface area contributed by atoms with Crippen LogP contribution in [-0.2, 0) is 0 Å². The Hall–Kier alpha value is -1.32. The maximum absolute atomic E-state index is 10.1. The average Bonchev–Trinajstić information content (AvgIpc) is 1.88. The lowest BCUT2D eigenvalue weighted by molar-refractivity contribution is -0.508. The van der Waals surface area contributed by atoms with E-state index in [2.05, 4.69) is 0 Å². The Morgan fingerprint density at radius 3 is 2.90 bits per heavy atom. The Labute approximate surface area is 58.2 Å². The normalized spacial score (nSPS) is 24.0. The molecule has 0 saturated heterocycles. The van der Waals surface area contributed by atoms with Crippen molar-refractivity contribution in [3.63, 3.8) is 0 Å². The van der Waals surface area contributed by atoms with Gasteiger partial charge in [-0.15, -0.1) is 0 Å². The second-order valence-corrected chi connectivity index (χ2v) is 2.15. The number of nitro groups is 1. The highest BCUT2D eigenvalue weighted by molar-refractivity contribution is 5.20. The van der Waals surface area contributed by atoms with Crippen LogP contribution in [0.1, 0.15) is 6.42 Å². The van der Waals surface area contributed by atoms with Crippen molar-refractivity contribution >= 4 is 0 Å². The fraction of sp³-hybridized carbons (Fsp3) is 0.333. The van der Waals surface area contributed by atoms with Gasteiger partial charge in [-0.1, -0.05) is 6.08 Å². The van der Waals surface area contributed by atoms with Crippen molar-refractivity contribution in [1.82, 2.24) is 0 Å². The summed E-state index contributed by atoms with van der Waals surface area (Å²) in [5.41, 5.74) is 5.96. The number of nitrogens with zero attached hydrogens (tertiary/aromatic N) is 1. The number of hydrogen-bond donors (Lipinski definition) is 1. The first-order valence-electron chi connectivity index (χ1n) is 2.97. The molecule has 0 aromatic heterocycles. The molecule has 0 radical (unpaired) electrons. The number of rotatable bonds is 1. The highest BCUT2D eigenvalue weighted by Gasteiger charge is 2.16. The van der Waals surface area contributed by atoms with Crippen LogP contribution in [0.2, 0.25) is 0 Å². The molecule has 0 fully saturated rings. The standard InChI is InChI=1S/C6H8N2O2/c7-5-1-3-6(4-2-5)8(9)10/h1-3,6H,4,7H2. The minimum atomic E-state index is -0.577. The molecular formula is C6H8N2O2. The van der Waals surface area contributed by atoms with Gasteiger partial charge < -0.3 is 5.73 Å². The Morgan fingerprint density at radius 1 is 1.80 bits per heavy atom. The first-order valence-corrected chi connectivity index (χ1v) is 2.97. The SMILES string of the molecule is NC1=CCC([N+](=O)[O-])C=C1. The summed E-state index contributed by atoms with van der Waals surface area (Å²) in [6.45, 7) is 0. The van der Waals surface area contributed by atoms with E-state index in [1.54, 1.807) is 12.2 Å². The Balaban J connectivity index is 2.60. The highest BCUT2D eigenvalue weighted by Crippen LogP contribution is 2.08. The third-order valence-corrected chi connectivity index (χ3v) is 1.38. The first-order chi connectivity index (χ1) is 4.70. The van der Waals surface area contributed by atoms with Crippen molar-refractivity contribution in [2.75, 3.05) is 0 Å². The van der Waals surface area contributed by atoms with E-state index in [0.717, 1.165) is 0 Å². The zero-order chi connectivity index (χ0) is 7.56. The van der Waals surface area contributed by atoms with Crippen molar-refractivity contribution in [2.24, 2.45) is 5.73 Å². The Kier molecular flexibility index (Phi) is 1.71. The predicted octanol–water partition coefficient (Wildman–Crippen LogP) is 0.434. The molecule has 4 heteroatoms. The van der Waals surface area contributed by atoms with Gasteiger partial charge in [-0.3, -0.25) is 10.1 Å². The molecule has 1 aliphatic carbocycles. The van der Waals surface area contributed by atoms with Gasteiger partial charge in [-0.2, -0.15) is 0 Å². The average molecular weight is 140 g/mol. The summed E-state index contributed by atoms with van der Waals surface area (Å²) in [6.07, 6.45) is 5.15. The molecule has 2 N–H and O–H groups in total. The van der Waals surface area contributed by atoms with Gasteiger partial charge in [0.1, 0.15) is 0 Å². The zero-order valence-electron chi connectivity index (χ0n) is 5.36. The third-order valence-electron chi connectivity index (χ3n) is 1.38. The summed E-state index contributed by atoms with van der Waals surface area (Å²) in [4.78, 5) is 9.83. The predicted molar refractivity (Wildman–Crippen MR) is 36.8 cm³/mol. The number of hydrogen-bond acceptors (Lipinski definition) is 3. The van der Waals surface area contributed by atoms with E-state index in [0.29, 0.717) is 12.1 Å². The van der Waals surface area contributed by atoms with Crippen LogP contribution in [0.5, 0.6) is 0 Å². The second-order valence-electron chi connectivity index (χ2n) is 2.15. The highest BCUT2D eigenvalue weighted by atomic mass is 16.6. The maximum atomic E-state index is 10.1. The molecule has 54 valence electrons. The van der Waals surface area contributed by atoms with Gasteiger partial charge in [0.25, 0.3) is 0 Å². The van der Waals surface area contributed by atoms with Crippen LogP contribution < -0.4 is 5.73 Å². The molecular weight excluding hydrogens is 132 g/mol. The molecule has 0 heterocycles. The van der Waals surface area contributed by atoms with Crippen LogP contribution in [0.25, 0.3) is 0 Å². The lowest BCUT2D eigenvalue weighted by Gasteiger charge is -2.05. The van der Waals surface area contributed by atoms with E-state index in [4.69, 9.17) is 5.73 Å². The number of allylic oxidation sites excluding steroid dienone is 1. The summed E-state index contributed by atoms with van der Waals surface area (Å²) in [6, 6.07) is -0.577. The molecule has 0 bridgehead atoms. The molecule has 1 atom stereocenters. The third kappa shape index (κ3) is 1.34. The van der Waals surface area contributed by atoms with Crippen LogP contribution in [0.15, 0.2) is 23.9 Å². The minimum absolute atomic E-state index is 0.320. The molecule has 4 nitrogen and oxygen atoms in total. The summed E-state index contributed by atoms with van der Waals surface area (Å²) in [5, 5.41) is 10.1. The minimum Gasteiger partial charge on any atom is -0.399 e. The first kappa shape index (κ1) is 6.80. The van der Waals surface area contributed by atoms with Gasteiger partial charge in [-0.25, -0.2) is 0 Å². The van der Waals surface area contributed by atoms with Crippen LogP contribution >= 0.6 is 0 Å². The largest absolute Gasteiger partial charge is 0.399 e. The molecule has 0 aromatic rings. The lowest BCUT2D eigenvalue weighted by atomic mass is 10.1. The molecule has 0 aromatic carbocycles. The quantitative estimate of drug-likeness (QED) is 0.424. The molecule has 0 aliphatic heterocycles. The summed E-state index contributed by atoms with van der Waals surface area (Å²) >= 11 is 0. The van der Waals surface area contributed by atoms with Gasteiger partial charge in [0.05, 0.1) is 0 Å². The molecule has 1 rings (SSSR count). The van der Waals surface area contributed by atoms with E-state index >= 15 is 0 Å². The summed E-state index contributed by atoms with van der Waals surface area (Å²) < 4.78 is 0. The molecule has 1 unspecified atom stereocenters. The van der Waals surface area contributed by atoms with Crippen molar-refractivity contribution in [1.29, 1.82) is 0 Å². The van der Waals surface area contributed by atoms with Gasteiger partial charge >= 0.3 is 0 Å². The summed E-state index contributed by atoms with van der Waals surface area (Å²) in [7, 11) is 0. The molecule has 1 aliphatic rings. The fourth-order valence-electron chi connectivity index (χ4n) is 0.782. The van der Waals surface area contributed by atoms with Crippen LogP contribution in [0, 0.1) is 10.1 Å². The van der Waals surface area contributed by atoms with Gasteiger partial charge in [0, 0.05) is 17.0 Å². The Morgan fingerprint density at radius 2 is 2.50 bits per heavy atom. The van der Waals surface area contributed by atoms with Crippen molar-refractivity contribution in [3.8, 4) is 0 Å². The van der Waals surface area contributed by atoms with Gasteiger partial charge in [0.15, 0.2) is 0 Å². The van der Waals surface area contributed by atoms with E-state index in [9.17, 15) is 10.1 Å². The molecule has 0 saturated carbocycles. The van der Waals surface area contributed by atoms with Crippen LogP contribution in [0.4, 0.5) is 0 Å². The van der Waals surface area contributed by atoms with Crippen molar-refractivity contribution in [2.45, 2.75) is 12.5 Å². The smallest absolute Gasteiger partial charge is 0.235 e. The lowest BCUT2D eigenvalue weighted by Crippen LogP contribution is -2.18. The van der Waals surface area contributed by atoms with E-state index in [-0.39, 0.29) is 4.92 Å². The molecule has 0 spiro atoms. The zero-order valence-corrected chi connectivity index (χ0v) is 5.36. The van der Waals surface area contributed by atoms with Gasteiger partial charge in [0.2, 0.25) is 6.04 Å². The van der Waals surface area contributed by atoms with E-state index in [1.807, 2.05) is 0 Å². The molecule has 10 heavy (non-hydrogen) atoms. The van der Waals surface area contributed by atoms with E-state index in [1.165, 1.54) is 6.08 Å². The van der Waals surface area contributed by atoms with Crippen LogP contribution in [-0.4, -0.2) is 11.0 Å². The Bertz CT molecular complexity index is 208. The topological polar surface area (TPSA) is 69.2 Å². The van der Waals surface area contributed by atoms with Crippen LogP contribution in [0.3, 0.4) is 0 Å². The van der Waals surface area contributed by atoms with Crippen molar-refractivity contribution in [3.05, 3.63) is 34.0 Å².